The van der Waals surface area contributed by atoms with E-state index in [-0.39, 0.29) is 9.92 Å². The Labute approximate surface area is 114 Å². The number of halogens is 1. The first-order valence-electron chi connectivity index (χ1n) is 5.67. The normalized spacial score (nSPS) is 12.1. The Hall–Kier alpha value is -1.02. The predicted octanol–water partition coefficient (Wildman–Crippen LogP) is 2.81. The van der Waals surface area contributed by atoms with Crippen molar-refractivity contribution in [3.8, 4) is 12.3 Å². The van der Waals surface area contributed by atoms with Gasteiger partial charge in [0.2, 0.25) is 10.0 Å². The highest BCUT2D eigenvalue weighted by Crippen LogP contribution is 2.24. The van der Waals surface area contributed by atoms with Gasteiger partial charge in [-0.2, -0.15) is 4.72 Å². The molecule has 1 N–H and O–H groups in total. The molecule has 0 spiro atoms. The molecule has 0 amide bonds. The minimum absolute atomic E-state index is 0.0493. The number of hydrogen-bond acceptors (Lipinski definition) is 2. The maximum atomic E-state index is 12.3. The van der Waals surface area contributed by atoms with Gasteiger partial charge in [0.05, 0.1) is 10.6 Å². The number of terminal acetylenes is 1. The van der Waals surface area contributed by atoms with Crippen LogP contribution in [0.1, 0.15) is 26.7 Å². The van der Waals surface area contributed by atoms with Gasteiger partial charge in [-0.1, -0.05) is 43.5 Å². The summed E-state index contributed by atoms with van der Waals surface area (Å²) in [5.74, 6) is 2.53. The number of sulfonamides is 1. The van der Waals surface area contributed by atoms with Crippen molar-refractivity contribution in [3.05, 3.63) is 29.3 Å². The van der Waals surface area contributed by atoms with E-state index in [1.165, 1.54) is 12.1 Å². The first kappa shape index (κ1) is 15.0. The molecule has 0 fully saturated rings. The smallest absolute Gasteiger partial charge is 0.207 e. The van der Waals surface area contributed by atoms with Gasteiger partial charge in [-0.3, -0.25) is 0 Å². The molecule has 1 aromatic carbocycles. The van der Waals surface area contributed by atoms with Crippen LogP contribution >= 0.6 is 11.6 Å². The molecule has 3 nitrogen and oxygen atoms in total. The Morgan fingerprint density at radius 3 is 2.33 bits per heavy atom. The first-order chi connectivity index (χ1) is 8.40. The van der Waals surface area contributed by atoms with Gasteiger partial charge in [-0.15, -0.1) is 6.42 Å². The summed E-state index contributed by atoms with van der Waals surface area (Å²) in [5, 5.41) is 0.183. The summed E-state index contributed by atoms with van der Waals surface area (Å²) in [6.45, 7) is 3.69. The molecule has 1 rings (SSSR count). The van der Waals surface area contributed by atoms with Crippen LogP contribution in [0, 0.1) is 12.3 Å². The van der Waals surface area contributed by atoms with Crippen molar-refractivity contribution in [3.63, 3.8) is 0 Å². The van der Waals surface area contributed by atoms with Gasteiger partial charge in [-0.05, 0) is 25.0 Å². The summed E-state index contributed by atoms with van der Waals surface area (Å²) in [6.07, 6.45) is 6.48. The van der Waals surface area contributed by atoms with Crippen molar-refractivity contribution in [1.82, 2.24) is 4.72 Å². The van der Waals surface area contributed by atoms with Gasteiger partial charge >= 0.3 is 0 Å². The molecule has 0 unspecified atom stereocenters. The Balaban J connectivity index is 3.18. The third kappa shape index (κ3) is 3.05. The minimum Gasteiger partial charge on any atom is -0.207 e. The minimum atomic E-state index is -3.71. The van der Waals surface area contributed by atoms with Gasteiger partial charge in [0.1, 0.15) is 4.90 Å². The van der Waals surface area contributed by atoms with Gasteiger partial charge in [0, 0.05) is 0 Å². The Bertz CT molecular complexity index is 557. The highest BCUT2D eigenvalue weighted by molar-refractivity contribution is 7.89. The fourth-order valence-corrected chi connectivity index (χ4v) is 3.60. The summed E-state index contributed by atoms with van der Waals surface area (Å²) in [6, 6.07) is 6.29. The molecule has 98 valence electrons. The van der Waals surface area contributed by atoms with Crippen LogP contribution in [0.5, 0.6) is 0 Å². The average molecular weight is 286 g/mol. The second kappa shape index (κ2) is 5.75. The molecule has 0 heterocycles. The molecule has 5 heteroatoms. The van der Waals surface area contributed by atoms with E-state index < -0.39 is 15.6 Å². The Morgan fingerprint density at radius 1 is 1.33 bits per heavy atom. The molecule has 0 atom stereocenters. The number of rotatable bonds is 5. The average Bonchev–Trinajstić information content (AvgIpc) is 2.36. The molecular weight excluding hydrogens is 270 g/mol. The van der Waals surface area contributed by atoms with Crippen molar-refractivity contribution < 1.29 is 8.42 Å². The standard InChI is InChI=1S/C13H16ClNO2S/c1-4-13(5-2,6-3)15-18(16,17)12-10-8-7-9-11(12)14/h1,7-10,15H,5-6H2,2-3H3. The quantitative estimate of drug-likeness (QED) is 0.846. The van der Waals surface area contributed by atoms with Gasteiger partial charge in [-0.25, -0.2) is 8.42 Å². The second-order valence-electron chi connectivity index (χ2n) is 3.97. The van der Waals surface area contributed by atoms with Crippen LogP contribution in [0.15, 0.2) is 29.2 Å². The lowest BCUT2D eigenvalue weighted by molar-refractivity contribution is 0.451. The number of hydrogen-bond donors (Lipinski definition) is 1. The van der Waals surface area contributed by atoms with Crippen LogP contribution in [0.3, 0.4) is 0 Å². The van der Waals surface area contributed by atoms with E-state index in [4.69, 9.17) is 18.0 Å². The maximum Gasteiger partial charge on any atom is 0.243 e. The van der Waals surface area contributed by atoms with Gasteiger partial charge in [0.15, 0.2) is 0 Å². The largest absolute Gasteiger partial charge is 0.243 e. The third-order valence-corrected chi connectivity index (χ3v) is 4.98. The zero-order chi connectivity index (χ0) is 13.8. The van der Waals surface area contributed by atoms with Crippen molar-refractivity contribution in [2.75, 3.05) is 0 Å². The molecule has 1 aromatic rings. The van der Waals surface area contributed by atoms with Crippen molar-refractivity contribution >= 4 is 21.6 Å². The summed E-state index contributed by atoms with van der Waals surface area (Å²) in [4.78, 5) is 0.0493. The predicted molar refractivity (Wildman–Crippen MR) is 73.9 cm³/mol. The molecule has 0 aliphatic rings. The molecule has 0 saturated carbocycles. The lowest BCUT2D eigenvalue weighted by atomic mass is 9.96. The summed E-state index contributed by atoms with van der Waals surface area (Å²) in [5.41, 5.74) is -0.863. The number of nitrogens with one attached hydrogen (secondary N) is 1. The second-order valence-corrected chi connectivity index (χ2v) is 6.03. The molecular formula is C13H16ClNO2S. The van der Waals surface area contributed by atoms with E-state index >= 15 is 0 Å². The van der Waals surface area contributed by atoms with Crippen molar-refractivity contribution in [1.29, 1.82) is 0 Å². The van der Waals surface area contributed by atoms with Crippen LogP contribution < -0.4 is 4.72 Å². The van der Waals surface area contributed by atoms with Crippen LogP contribution in [-0.2, 0) is 10.0 Å². The molecule has 18 heavy (non-hydrogen) atoms. The van der Waals surface area contributed by atoms with Gasteiger partial charge < -0.3 is 0 Å². The topological polar surface area (TPSA) is 46.2 Å². The molecule has 0 aliphatic heterocycles. The fourth-order valence-electron chi connectivity index (χ4n) is 1.60. The van der Waals surface area contributed by atoms with E-state index in [1.807, 2.05) is 13.8 Å². The Kier molecular flexibility index (Phi) is 4.80. The fraction of sp³-hybridized carbons (Fsp3) is 0.385. The van der Waals surface area contributed by atoms with Crippen molar-refractivity contribution in [2.45, 2.75) is 37.1 Å². The van der Waals surface area contributed by atoms with Crippen LogP contribution in [0.2, 0.25) is 5.02 Å². The number of benzene rings is 1. The van der Waals surface area contributed by atoms with Crippen LogP contribution in [-0.4, -0.2) is 14.0 Å². The monoisotopic (exact) mass is 285 g/mol. The SMILES string of the molecule is C#CC(CC)(CC)NS(=O)(=O)c1ccccc1Cl. The molecule has 0 radical (unpaired) electrons. The maximum absolute atomic E-state index is 12.3. The molecule has 0 bridgehead atoms. The van der Waals surface area contributed by atoms with E-state index in [0.29, 0.717) is 12.8 Å². The van der Waals surface area contributed by atoms with E-state index in [0.717, 1.165) is 0 Å². The van der Waals surface area contributed by atoms with Crippen LogP contribution in [0.25, 0.3) is 0 Å². The first-order valence-corrected chi connectivity index (χ1v) is 7.53. The summed E-state index contributed by atoms with van der Waals surface area (Å²) in [7, 11) is -3.71. The van der Waals surface area contributed by atoms with Crippen molar-refractivity contribution in [2.24, 2.45) is 0 Å². The zero-order valence-electron chi connectivity index (χ0n) is 10.4. The van der Waals surface area contributed by atoms with Crippen LogP contribution in [0.4, 0.5) is 0 Å². The lowest BCUT2D eigenvalue weighted by Crippen LogP contribution is -2.46. The molecule has 0 aliphatic carbocycles. The zero-order valence-corrected chi connectivity index (χ0v) is 12.0. The highest BCUT2D eigenvalue weighted by Gasteiger charge is 2.30. The van der Waals surface area contributed by atoms with Gasteiger partial charge in [0.25, 0.3) is 0 Å². The molecule has 0 saturated heterocycles. The molecule has 0 aromatic heterocycles. The van der Waals surface area contributed by atoms with E-state index in [9.17, 15) is 8.42 Å². The van der Waals surface area contributed by atoms with E-state index in [2.05, 4.69) is 10.6 Å². The summed E-state index contributed by atoms with van der Waals surface area (Å²) >= 11 is 5.90. The lowest BCUT2D eigenvalue weighted by Gasteiger charge is -2.26. The highest BCUT2D eigenvalue weighted by atomic mass is 35.5. The summed E-state index contributed by atoms with van der Waals surface area (Å²) < 4.78 is 27.1. The Morgan fingerprint density at radius 2 is 1.89 bits per heavy atom. The third-order valence-electron chi connectivity index (χ3n) is 2.94. The van der Waals surface area contributed by atoms with E-state index in [1.54, 1.807) is 12.1 Å².